The Bertz CT molecular complexity index is 705. The Hall–Kier alpha value is -2.07. The molecule has 4 heteroatoms. The van der Waals surface area contributed by atoms with Crippen LogP contribution in [0.4, 0.5) is 10.8 Å². The zero-order valence-electron chi connectivity index (χ0n) is 12.2. The average Bonchev–Trinajstić information content (AvgIpc) is 2.89. The second-order valence-electron chi connectivity index (χ2n) is 4.98. The first kappa shape index (κ1) is 13.9. The predicted octanol–water partition coefficient (Wildman–Crippen LogP) is 5.22. The van der Waals surface area contributed by atoms with Gasteiger partial charge in [0.15, 0.2) is 5.13 Å². The minimum absolute atomic E-state index is 0.225. The van der Waals surface area contributed by atoms with Gasteiger partial charge in [0.1, 0.15) is 5.75 Å². The number of hydrogen-bond donors (Lipinski definition) is 1. The summed E-state index contributed by atoms with van der Waals surface area (Å²) in [7, 11) is 0. The SMILES string of the molecule is CCC(C)Oc1cccc(Nc2nc3ccccc3s2)c1. The number of aromatic nitrogens is 1. The number of nitrogens with one attached hydrogen (secondary N) is 1. The Morgan fingerprint density at radius 3 is 2.86 bits per heavy atom. The number of anilines is 2. The van der Waals surface area contributed by atoms with Gasteiger partial charge in [-0.15, -0.1) is 0 Å². The van der Waals surface area contributed by atoms with Gasteiger partial charge >= 0.3 is 0 Å². The van der Waals surface area contributed by atoms with Crippen LogP contribution in [0.15, 0.2) is 48.5 Å². The number of fused-ring (bicyclic) bond motifs is 1. The van der Waals surface area contributed by atoms with Crippen molar-refractivity contribution < 1.29 is 4.74 Å². The first-order valence-corrected chi connectivity index (χ1v) is 7.95. The molecule has 0 saturated heterocycles. The zero-order valence-corrected chi connectivity index (χ0v) is 13.0. The summed E-state index contributed by atoms with van der Waals surface area (Å²) >= 11 is 1.65. The predicted molar refractivity (Wildman–Crippen MR) is 89.7 cm³/mol. The lowest BCUT2D eigenvalue weighted by molar-refractivity contribution is 0.217. The first-order chi connectivity index (χ1) is 10.2. The summed E-state index contributed by atoms with van der Waals surface area (Å²) in [6, 6.07) is 16.2. The molecular formula is C17H18N2OS. The molecule has 0 radical (unpaired) electrons. The third-order valence-electron chi connectivity index (χ3n) is 3.29. The molecule has 0 spiro atoms. The van der Waals surface area contributed by atoms with E-state index < -0.39 is 0 Å². The molecule has 0 bridgehead atoms. The van der Waals surface area contributed by atoms with Gasteiger partial charge in [0, 0.05) is 11.8 Å². The normalized spacial score (nSPS) is 12.3. The van der Waals surface area contributed by atoms with Crippen LogP contribution in [-0.4, -0.2) is 11.1 Å². The maximum absolute atomic E-state index is 5.84. The van der Waals surface area contributed by atoms with Gasteiger partial charge < -0.3 is 10.1 Å². The topological polar surface area (TPSA) is 34.1 Å². The fourth-order valence-electron chi connectivity index (χ4n) is 2.01. The van der Waals surface area contributed by atoms with Crippen LogP contribution < -0.4 is 10.1 Å². The van der Waals surface area contributed by atoms with Crippen molar-refractivity contribution in [3.05, 3.63) is 48.5 Å². The fraction of sp³-hybridized carbons (Fsp3) is 0.235. The van der Waals surface area contributed by atoms with Crippen molar-refractivity contribution in [1.29, 1.82) is 0 Å². The quantitative estimate of drug-likeness (QED) is 0.701. The molecule has 0 aliphatic heterocycles. The maximum atomic E-state index is 5.84. The highest BCUT2D eigenvalue weighted by Gasteiger charge is 2.05. The molecule has 0 amide bonds. The number of ether oxygens (including phenoxy) is 1. The number of hydrogen-bond acceptors (Lipinski definition) is 4. The van der Waals surface area contributed by atoms with Gasteiger partial charge in [-0.25, -0.2) is 4.98 Å². The molecule has 1 N–H and O–H groups in total. The van der Waals surface area contributed by atoms with Crippen LogP contribution in [0, 0.1) is 0 Å². The summed E-state index contributed by atoms with van der Waals surface area (Å²) in [5, 5.41) is 4.25. The van der Waals surface area contributed by atoms with Crippen molar-refractivity contribution >= 4 is 32.4 Å². The van der Waals surface area contributed by atoms with Crippen molar-refractivity contribution in [2.24, 2.45) is 0 Å². The summed E-state index contributed by atoms with van der Waals surface area (Å²) in [6.45, 7) is 4.20. The fourth-order valence-corrected chi connectivity index (χ4v) is 2.90. The molecule has 3 rings (SSSR count). The van der Waals surface area contributed by atoms with Gasteiger partial charge in [-0.1, -0.05) is 36.5 Å². The summed E-state index contributed by atoms with van der Waals surface area (Å²) < 4.78 is 7.03. The number of nitrogens with zero attached hydrogens (tertiary/aromatic N) is 1. The van der Waals surface area contributed by atoms with Crippen LogP contribution in [0.25, 0.3) is 10.2 Å². The third kappa shape index (κ3) is 3.34. The smallest absolute Gasteiger partial charge is 0.188 e. The largest absolute Gasteiger partial charge is 0.491 e. The van der Waals surface area contributed by atoms with E-state index in [2.05, 4.69) is 30.2 Å². The summed E-state index contributed by atoms with van der Waals surface area (Å²) in [5.41, 5.74) is 2.02. The summed E-state index contributed by atoms with van der Waals surface area (Å²) in [4.78, 5) is 4.58. The monoisotopic (exact) mass is 298 g/mol. The molecule has 1 aromatic heterocycles. The van der Waals surface area contributed by atoms with Crippen LogP contribution in [-0.2, 0) is 0 Å². The van der Waals surface area contributed by atoms with Crippen LogP contribution >= 0.6 is 11.3 Å². The second-order valence-corrected chi connectivity index (χ2v) is 6.01. The molecule has 0 aliphatic carbocycles. The maximum Gasteiger partial charge on any atom is 0.188 e. The third-order valence-corrected chi connectivity index (χ3v) is 4.24. The van der Waals surface area contributed by atoms with Gasteiger partial charge in [-0.2, -0.15) is 0 Å². The van der Waals surface area contributed by atoms with Crippen LogP contribution in [0.2, 0.25) is 0 Å². The van der Waals surface area contributed by atoms with E-state index in [4.69, 9.17) is 4.74 Å². The molecule has 108 valence electrons. The van der Waals surface area contributed by atoms with Crippen molar-refractivity contribution in [3.63, 3.8) is 0 Å². The lowest BCUT2D eigenvalue weighted by Crippen LogP contribution is -2.09. The van der Waals surface area contributed by atoms with Gasteiger partial charge in [0.2, 0.25) is 0 Å². The van der Waals surface area contributed by atoms with E-state index in [9.17, 15) is 0 Å². The Labute approximate surface area is 128 Å². The van der Waals surface area contributed by atoms with Gasteiger partial charge in [0.25, 0.3) is 0 Å². The lowest BCUT2D eigenvalue weighted by atomic mass is 10.3. The van der Waals surface area contributed by atoms with Gasteiger partial charge in [0.05, 0.1) is 16.3 Å². The molecular weight excluding hydrogens is 280 g/mol. The molecule has 21 heavy (non-hydrogen) atoms. The summed E-state index contributed by atoms with van der Waals surface area (Å²) in [6.07, 6.45) is 1.22. The lowest BCUT2D eigenvalue weighted by Gasteiger charge is -2.13. The highest BCUT2D eigenvalue weighted by Crippen LogP contribution is 2.29. The highest BCUT2D eigenvalue weighted by atomic mass is 32.1. The summed E-state index contributed by atoms with van der Waals surface area (Å²) in [5.74, 6) is 0.885. The van der Waals surface area contributed by atoms with Crippen molar-refractivity contribution in [2.45, 2.75) is 26.4 Å². The molecule has 0 saturated carbocycles. The number of benzene rings is 2. The van der Waals surface area contributed by atoms with E-state index in [-0.39, 0.29) is 6.10 Å². The Kier molecular flexibility index (Phi) is 4.06. The van der Waals surface area contributed by atoms with Crippen molar-refractivity contribution in [1.82, 2.24) is 4.98 Å². The first-order valence-electron chi connectivity index (χ1n) is 7.14. The average molecular weight is 298 g/mol. The molecule has 3 nitrogen and oxygen atoms in total. The molecule has 1 heterocycles. The molecule has 1 unspecified atom stereocenters. The zero-order chi connectivity index (χ0) is 14.7. The van der Waals surface area contributed by atoms with Crippen LogP contribution in [0.3, 0.4) is 0 Å². The number of para-hydroxylation sites is 1. The van der Waals surface area contributed by atoms with E-state index >= 15 is 0 Å². The molecule has 0 fully saturated rings. The van der Waals surface area contributed by atoms with Crippen LogP contribution in [0.1, 0.15) is 20.3 Å². The van der Waals surface area contributed by atoms with Crippen LogP contribution in [0.5, 0.6) is 5.75 Å². The highest BCUT2D eigenvalue weighted by molar-refractivity contribution is 7.22. The minimum atomic E-state index is 0.225. The van der Waals surface area contributed by atoms with E-state index in [0.717, 1.165) is 28.5 Å². The minimum Gasteiger partial charge on any atom is -0.491 e. The van der Waals surface area contributed by atoms with Gasteiger partial charge in [-0.05, 0) is 37.6 Å². The Balaban J connectivity index is 1.79. The van der Waals surface area contributed by atoms with Gasteiger partial charge in [-0.3, -0.25) is 0 Å². The van der Waals surface area contributed by atoms with E-state index in [0.29, 0.717) is 0 Å². The van der Waals surface area contributed by atoms with Crippen molar-refractivity contribution in [3.8, 4) is 5.75 Å². The Morgan fingerprint density at radius 2 is 2.05 bits per heavy atom. The van der Waals surface area contributed by atoms with Crippen molar-refractivity contribution in [2.75, 3.05) is 5.32 Å². The standard InChI is InChI=1S/C17H18N2OS/c1-3-12(2)20-14-8-6-7-13(11-14)18-17-19-15-9-4-5-10-16(15)21-17/h4-12H,3H2,1-2H3,(H,18,19). The molecule has 2 aromatic carbocycles. The number of rotatable bonds is 5. The molecule has 3 aromatic rings. The number of thiazole rings is 1. The molecule has 1 atom stereocenters. The van der Waals surface area contributed by atoms with E-state index in [1.165, 1.54) is 4.70 Å². The second kappa shape index (κ2) is 6.14. The Morgan fingerprint density at radius 1 is 1.19 bits per heavy atom. The molecule has 0 aliphatic rings. The van der Waals surface area contributed by atoms with E-state index in [1.807, 2.05) is 42.5 Å². The van der Waals surface area contributed by atoms with E-state index in [1.54, 1.807) is 11.3 Å².